The summed E-state index contributed by atoms with van der Waals surface area (Å²) < 4.78 is 14.7. The maximum Gasteiger partial charge on any atom is 0.326 e. The van der Waals surface area contributed by atoms with E-state index in [-0.39, 0.29) is 17.4 Å². The summed E-state index contributed by atoms with van der Waals surface area (Å²) in [7, 11) is 0. The second-order valence-corrected chi connectivity index (χ2v) is 3.78. The van der Waals surface area contributed by atoms with Gasteiger partial charge in [0.1, 0.15) is 5.82 Å². The molecule has 0 aliphatic rings. The van der Waals surface area contributed by atoms with Gasteiger partial charge in [-0.2, -0.15) is 0 Å². The third kappa shape index (κ3) is 1.40. The molecule has 0 bridgehead atoms. The number of aromatic nitrogens is 2. The Hall–Kier alpha value is -1.78. The van der Waals surface area contributed by atoms with Crippen LogP contribution in [-0.4, -0.2) is 9.55 Å². The number of imidazole rings is 1. The fourth-order valence-electron chi connectivity index (χ4n) is 1.68. The van der Waals surface area contributed by atoms with Crippen LogP contribution in [0.5, 0.6) is 0 Å². The number of nitrogens with two attached hydrogens (primary N) is 1. The van der Waals surface area contributed by atoms with Crippen molar-refractivity contribution >= 4 is 16.7 Å². The first-order valence-corrected chi connectivity index (χ1v) is 4.70. The van der Waals surface area contributed by atoms with E-state index < -0.39 is 5.82 Å². The van der Waals surface area contributed by atoms with Gasteiger partial charge in [0, 0.05) is 12.1 Å². The van der Waals surface area contributed by atoms with Crippen LogP contribution in [0.2, 0.25) is 0 Å². The van der Waals surface area contributed by atoms with E-state index in [4.69, 9.17) is 5.73 Å². The highest BCUT2D eigenvalue weighted by molar-refractivity contribution is 5.79. The molecule has 1 heterocycles. The zero-order valence-corrected chi connectivity index (χ0v) is 8.54. The van der Waals surface area contributed by atoms with Gasteiger partial charge in [-0.3, -0.25) is 4.57 Å². The third-order valence-electron chi connectivity index (χ3n) is 2.35. The highest BCUT2D eigenvalue weighted by atomic mass is 19.1. The average molecular weight is 209 g/mol. The summed E-state index contributed by atoms with van der Waals surface area (Å²) >= 11 is 0. The van der Waals surface area contributed by atoms with E-state index in [0.29, 0.717) is 11.0 Å². The van der Waals surface area contributed by atoms with Crippen LogP contribution in [0.15, 0.2) is 16.9 Å². The molecule has 3 N–H and O–H groups in total. The smallest absolute Gasteiger partial charge is 0.326 e. The van der Waals surface area contributed by atoms with Crippen molar-refractivity contribution in [2.75, 3.05) is 5.73 Å². The topological polar surface area (TPSA) is 63.8 Å². The molecule has 0 saturated carbocycles. The van der Waals surface area contributed by atoms with Crippen LogP contribution in [0, 0.1) is 5.82 Å². The number of nitrogens with one attached hydrogen (secondary N) is 1. The molecule has 0 radical (unpaired) electrons. The number of anilines is 1. The lowest BCUT2D eigenvalue weighted by atomic mass is 10.2. The van der Waals surface area contributed by atoms with Gasteiger partial charge >= 0.3 is 5.69 Å². The van der Waals surface area contributed by atoms with Crippen LogP contribution in [0.25, 0.3) is 11.0 Å². The monoisotopic (exact) mass is 209 g/mol. The van der Waals surface area contributed by atoms with E-state index in [1.165, 1.54) is 16.7 Å². The van der Waals surface area contributed by atoms with E-state index in [1.54, 1.807) is 0 Å². The first kappa shape index (κ1) is 9.76. The lowest BCUT2D eigenvalue weighted by Crippen LogP contribution is -2.18. The molecular weight excluding hydrogens is 197 g/mol. The van der Waals surface area contributed by atoms with Gasteiger partial charge in [0.2, 0.25) is 0 Å². The van der Waals surface area contributed by atoms with E-state index >= 15 is 0 Å². The molecule has 0 aliphatic heterocycles. The highest BCUT2D eigenvalue weighted by Gasteiger charge is 2.11. The molecule has 15 heavy (non-hydrogen) atoms. The molecule has 0 aliphatic carbocycles. The fourth-order valence-corrected chi connectivity index (χ4v) is 1.68. The lowest BCUT2D eigenvalue weighted by Gasteiger charge is -2.06. The number of hydrogen-bond acceptors (Lipinski definition) is 2. The SMILES string of the molecule is CC(C)n1c(=O)[nH]c2cc(N)c(F)cc21. The van der Waals surface area contributed by atoms with Crippen molar-refractivity contribution in [2.24, 2.45) is 0 Å². The van der Waals surface area contributed by atoms with Crippen LogP contribution in [0.4, 0.5) is 10.1 Å². The number of nitrogen functional groups attached to an aromatic ring is 1. The molecule has 2 aromatic rings. The summed E-state index contributed by atoms with van der Waals surface area (Å²) in [6.45, 7) is 3.73. The van der Waals surface area contributed by atoms with Crippen molar-refractivity contribution in [3.8, 4) is 0 Å². The molecule has 4 nitrogen and oxygen atoms in total. The number of benzene rings is 1. The molecule has 0 amide bonds. The number of rotatable bonds is 1. The Bertz CT molecular complexity index is 568. The predicted molar refractivity (Wildman–Crippen MR) is 57.3 cm³/mol. The Kier molecular flexibility index (Phi) is 2.03. The van der Waals surface area contributed by atoms with Gasteiger partial charge in [-0.15, -0.1) is 0 Å². The van der Waals surface area contributed by atoms with Gasteiger partial charge in [-0.05, 0) is 19.9 Å². The molecule has 1 aromatic heterocycles. The molecule has 2 rings (SSSR count). The summed E-state index contributed by atoms with van der Waals surface area (Å²) in [4.78, 5) is 14.2. The van der Waals surface area contributed by atoms with Crippen LogP contribution in [0.3, 0.4) is 0 Å². The molecule has 0 fully saturated rings. The van der Waals surface area contributed by atoms with Crippen molar-refractivity contribution in [1.29, 1.82) is 0 Å². The standard InChI is InChI=1S/C10H12FN3O/c1-5(2)14-9-3-6(11)7(12)4-8(9)13-10(14)15/h3-5H,12H2,1-2H3,(H,13,15). The van der Waals surface area contributed by atoms with E-state index in [0.717, 1.165) is 0 Å². The highest BCUT2D eigenvalue weighted by Crippen LogP contribution is 2.20. The van der Waals surface area contributed by atoms with Crippen molar-refractivity contribution < 1.29 is 4.39 Å². The van der Waals surface area contributed by atoms with Crippen molar-refractivity contribution in [3.05, 3.63) is 28.4 Å². The predicted octanol–water partition coefficient (Wildman–Crippen LogP) is 1.63. The van der Waals surface area contributed by atoms with Gasteiger partial charge in [-0.1, -0.05) is 0 Å². The van der Waals surface area contributed by atoms with Crippen LogP contribution in [0.1, 0.15) is 19.9 Å². The number of H-pyrrole nitrogens is 1. The molecule has 80 valence electrons. The Morgan fingerprint density at radius 3 is 2.73 bits per heavy atom. The molecule has 0 saturated heterocycles. The van der Waals surface area contributed by atoms with Gasteiger partial charge in [0.15, 0.2) is 0 Å². The summed E-state index contributed by atoms with van der Waals surface area (Å²) in [6, 6.07) is 2.70. The molecule has 0 atom stereocenters. The first-order valence-electron chi connectivity index (χ1n) is 4.70. The van der Waals surface area contributed by atoms with Gasteiger partial charge in [0.05, 0.1) is 16.7 Å². The molecule has 5 heteroatoms. The Balaban J connectivity index is 2.88. The summed E-state index contributed by atoms with van der Waals surface area (Å²) in [5, 5.41) is 0. The second kappa shape index (κ2) is 3.12. The Morgan fingerprint density at radius 1 is 1.47 bits per heavy atom. The fraction of sp³-hybridized carbons (Fsp3) is 0.300. The maximum absolute atomic E-state index is 13.2. The lowest BCUT2D eigenvalue weighted by molar-refractivity contribution is 0.594. The minimum absolute atomic E-state index is 0.0192. The zero-order chi connectivity index (χ0) is 11.2. The van der Waals surface area contributed by atoms with E-state index in [9.17, 15) is 9.18 Å². The third-order valence-corrected chi connectivity index (χ3v) is 2.35. The van der Waals surface area contributed by atoms with Crippen molar-refractivity contribution in [3.63, 3.8) is 0 Å². The van der Waals surface area contributed by atoms with Gasteiger partial charge in [-0.25, -0.2) is 9.18 Å². The van der Waals surface area contributed by atoms with E-state index in [2.05, 4.69) is 4.98 Å². The van der Waals surface area contributed by atoms with Gasteiger partial charge in [0.25, 0.3) is 0 Å². The second-order valence-electron chi connectivity index (χ2n) is 3.78. The largest absolute Gasteiger partial charge is 0.396 e. The maximum atomic E-state index is 13.2. The minimum atomic E-state index is -0.504. The molecule has 0 unspecified atom stereocenters. The van der Waals surface area contributed by atoms with Crippen molar-refractivity contribution in [2.45, 2.75) is 19.9 Å². The summed E-state index contributed by atoms with van der Waals surface area (Å²) in [6.07, 6.45) is 0. The van der Waals surface area contributed by atoms with Crippen molar-refractivity contribution in [1.82, 2.24) is 9.55 Å². The Labute approximate surface area is 85.5 Å². The quantitative estimate of drug-likeness (QED) is 0.701. The molecule has 0 spiro atoms. The average Bonchev–Trinajstić information content (AvgIpc) is 2.41. The number of fused-ring (bicyclic) bond motifs is 1. The van der Waals surface area contributed by atoms with Crippen LogP contribution >= 0.6 is 0 Å². The summed E-state index contributed by atoms with van der Waals surface area (Å²) in [5.74, 6) is -0.504. The van der Waals surface area contributed by atoms with E-state index in [1.807, 2.05) is 13.8 Å². The first-order chi connectivity index (χ1) is 7.00. The van der Waals surface area contributed by atoms with Crippen LogP contribution < -0.4 is 11.4 Å². The number of hydrogen-bond donors (Lipinski definition) is 2. The normalized spacial score (nSPS) is 11.5. The Morgan fingerprint density at radius 2 is 2.13 bits per heavy atom. The molecule has 1 aromatic carbocycles. The van der Waals surface area contributed by atoms with Crippen LogP contribution in [-0.2, 0) is 0 Å². The number of halogens is 1. The zero-order valence-electron chi connectivity index (χ0n) is 8.54. The van der Waals surface area contributed by atoms with Gasteiger partial charge < -0.3 is 10.7 Å². The summed E-state index contributed by atoms with van der Waals surface area (Å²) in [5.41, 5.74) is 6.32. The minimum Gasteiger partial charge on any atom is -0.396 e. The molecular formula is C10H12FN3O. The number of aromatic amines is 1. The number of nitrogens with zero attached hydrogens (tertiary/aromatic N) is 1.